The van der Waals surface area contributed by atoms with Crippen LogP contribution in [0.1, 0.15) is 121 Å². The zero-order valence-electron chi connectivity index (χ0n) is 28.9. The number of hydrogen-bond donors (Lipinski definition) is 2. The topological polar surface area (TPSA) is 82.5 Å². The maximum Gasteiger partial charge on any atom is 0.246 e. The van der Waals surface area contributed by atoms with Gasteiger partial charge in [0.25, 0.3) is 0 Å². The second kappa shape index (κ2) is 22.5. The number of aliphatic hydroxyl groups is 1. The molecule has 0 spiro atoms. The molecular weight excluding hydrogens is 595 g/mol. The minimum atomic E-state index is -0.711. The summed E-state index contributed by atoms with van der Waals surface area (Å²) in [5.74, 6) is 0.362. The normalized spacial score (nSPS) is 14.5. The molecule has 1 aliphatic rings. The van der Waals surface area contributed by atoms with Crippen molar-refractivity contribution in [1.29, 1.82) is 0 Å². The smallest absolute Gasteiger partial charge is 0.246 e. The van der Waals surface area contributed by atoms with E-state index in [4.69, 9.17) is 9.47 Å². The molecule has 2 N–H and O–H groups in total. The lowest BCUT2D eigenvalue weighted by molar-refractivity contribution is -0.127. The van der Waals surface area contributed by atoms with Crippen molar-refractivity contribution < 1.29 is 28.9 Å². The van der Waals surface area contributed by atoms with Crippen molar-refractivity contribution in [3.05, 3.63) is 59.4 Å². The number of halogens is 1. The highest BCUT2D eigenvalue weighted by Gasteiger charge is 2.22. The fourth-order valence-corrected chi connectivity index (χ4v) is 5.86. The molecule has 47 heavy (non-hydrogen) atoms. The number of nitrogens with zero attached hydrogens (tertiary/aromatic N) is 2. The van der Waals surface area contributed by atoms with Gasteiger partial charge in [0, 0.05) is 38.8 Å². The molecule has 1 saturated heterocycles. The Bertz CT molecular complexity index is 1140. The van der Waals surface area contributed by atoms with Crippen LogP contribution in [-0.4, -0.2) is 71.9 Å². The molecule has 3 rings (SSSR count). The number of carbonyl (C=O) groups excluding carboxylic acids is 1. The molecule has 1 heterocycles. The molecule has 8 heteroatoms. The number of ether oxygens (including phenoxy) is 2. The minimum absolute atomic E-state index is 0.0123. The number of phenols is 1. The monoisotopic (exact) mass is 654 g/mol. The van der Waals surface area contributed by atoms with Crippen molar-refractivity contribution in [1.82, 2.24) is 9.80 Å². The van der Waals surface area contributed by atoms with Crippen LogP contribution in [0.4, 0.5) is 4.39 Å². The molecule has 262 valence electrons. The zero-order valence-corrected chi connectivity index (χ0v) is 28.9. The van der Waals surface area contributed by atoms with Gasteiger partial charge in [-0.2, -0.15) is 0 Å². The highest BCUT2D eigenvalue weighted by Crippen LogP contribution is 2.38. The number of piperazine rings is 1. The van der Waals surface area contributed by atoms with Crippen LogP contribution in [0.3, 0.4) is 0 Å². The zero-order chi connectivity index (χ0) is 33.7. The summed E-state index contributed by atoms with van der Waals surface area (Å²) in [6, 6.07) is 9.46. The largest absolute Gasteiger partial charge is 0.502 e. The van der Waals surface area contributed by atoms with Gasteiger partial charge in [-0.05, 0) is 54.3 Å². The van der Waals surface area contributed by atoms with Gasteiger partial charge in [0.1, 0.15) is 5.82 Å². The third-order valence-electron chi connectivity index (χ3n) is 8.86. The summed E-state index contributed by atoms with van der Waals surface area (Å²) in [6.07, 6.45) is 19.1. The van der Waals surface area contributed by atoms with Crippen molar-refractivity contribution in [2.24, 2.45) is 0 Å². The molecule has 7 nitrogen and oxygen atoms in total. The number of hydrogen-bond acceptors (Lipinski definition) is 6. The quantitative estimate of drug-likeness (QED) is 0.0922. The van der Waals surface area contributed by atoms with Gasteiger partial charge in [-0.15, -0.1) is 0 Å². The van der Waals surface area contributed by atoms with Crippen LogP contribution in [0.5, 0.6) is 17.2 Å². The molecule has 0 aromatic heterocycles. The first kappa shape index (κ1) is 38.3. The molecule has 0 radical (unpaired) electrons. The number of aromatic hydroxyl groups is 1. The third-order valence-corrected chi connectivity index (χ3v) is 8.86. The van der Waals surface area contributed by atoms with Crippen LogP contribution in [0.25, 0.3) is 6.08 Å². The Labute approximate surface area is 282 Å². The summed E-state index contributed by atoms with van der Waals surface area (Å²) in [7, 11) is 0. The van der Waals surface area contributed by atoms with Crippen molar-refractivity contribution in [2.45, 2.75) is 110 Å². The standard InChI is InChI=1S/C39H59FN2O5/c1-3-5-7-9-11-13-15-27-46-36-29-32(30-37(39(36)45)47-28-16-14-12-10-8-6-4-2)17-22-38(44)42-25-23-41(24-26-42)31-35(43)33-18-20-34(40)21-19-33/h17-22,29-30,35,43,45H,3-16,23-28,31H2,1-2H3. The molecule has 1 aliphatic heterocycles. The van der Waals surface area contributed by atoms with Crippen molar-refractivity contribution >= 4 is 12.0 Å². The highest BCUT2D eigenvalue weighted by molar-refractivity contribution is 5.92. The fraction of sp³-hybridized carbons (Fsp3) is 0.615. The molecule has 0 bridgehead atoms. The Kier molecular flexibility index (Phi) is 18.3. The lowest BCUT2D eigenvalue weighted by Crippen LogP contribution is -2.49. The van der Waals surface area contributed by atoms with E-state index in [0.717, 1.165) is 31.2 Å². The Morgan fingerprint density at radius 1 is 0.787 bits per heavy atom. The Morgan fingerprint density at radius 2 is 1.28 bits per heavy atom. The first-order valence-corrected chi connectivity index (χ1v) is 18.2. The molecule has 2 aromatic carbocycles. The average molecular weight is 655 g/mol. The molecule has 1 amide bonds. The van der Waals surface area contributed by atoms with Crippen LogP contribution in [0.15, 0.2) is 42.5 Å². The Hall–Kier alpha value is -3.10. The van der Waals surface area contributed by atoms with Gasteiger partial charge in [-0.25, -0.2) is 4.39 Å². The predicted molar refractivity (Wildman–Crippen MR) is 188 cm³/mol. The van der Waals surface area contributed by atoms with E-state index in [1.165, 1.54) is 76.3 Å². The summed E-state index contributed by atoms with van der Waals surface area (Å²) in [4.78, 5) is 17.0. The number of aliphatic hydroxyl groups excluding tert-OH is 1. The van der Waals surface area contributed by atoms with Gasteiger partial charge in [0.05, 0.1) is 19.3 Å². The van der Waals surface area contributed by atoms with Gasteiger partial charge >= 0.3 is 0 Å². The van der Waals surface area contributed by atoms with E-state index in [1.54, 1.807) is 41.3 Å². The van der Waals surface area contributed by atoms with Gasteiger partial charge in [-0.1, -0.05) is 103 Å². The number of benzene rings is 2. The van der Waals surface area contributed by atoms with Crippen molar-refractivity contribution in [3.63, 3.8) is 0 Å². The van der Waals surface area contributed by atoms with E-state index in [1.807, 2.05) is 0 Å². The summed E-state index contributed by atoms with van der Waals surface area (Å²) >= 11 is 0. The summed E-state index contributed by atoms with van der Waals surface area (Å²) in [6.45, 7) is 8.30. The molecule has 0 aliphatic carbocycles. The maximum absolute atomic E-state index is 13.2. The van der Waals surface area contributed by atoms with E-state index in [9.17, 15) is 19.4 Å². The lowest BCUT2D eigenvalue weighted by Gasteiger charge is -2.35. The number of amides is 1. The van der Waals surface area contributed by atoms with E-state index in [2.05, 4.69) is 18.7 Å². The van der Waals surface area contributed by atoms with Gasteiger partial charge < -0.3 is 24.6 Å². The maximum atomic E-state index is 13.2. The van der Waals surface area contributed by atoms with Crippen molar-refractivity contribution in [3.8, 4) is 17.2 Å². The summed E-state index contributed by atoms with van der Waals surface area (Å²) < 4.78 is 25.3. The third kappa shape index (κ3) is 14.7. The summed E-state index contributed by atoms with van der Waals surface area (Å²) in [5, 5.41) is 21.5. The second-order valence-corrected chi connectivity index (χ2v) is 12.8. The van der Waals surface area contributed by atoms with Crippen molar-refractivity contribution in [2.75, 3.05) is 45.9 Å². The molecule has 0 saturated carbocycles. The second-order valence-electron chi connectivity index (χ2n) is 12.8. The molecule has 1 unspecified atom stereocenters. The molecule has 1 fully saturated rings. The van der Waals surface area contributed by atoms with Gasteiger partial charge in [0.2, 0.25) is 11.7 Å². The number of carbonyl (C=O) groups is 1. The van der Waals surface area contributed by atoms with E-state index < -0.39 is 6.10 Å². The van der Waals surface area contributed by atoms with Crippen LogP contribution in [0.2, 0.25) is 0 Å². The number of phenolic OH excluding ortho intramolecular Hbond substituents is 1. The SMILES string of the molecule is CCCCCCCCCOc1cc(C=CC(=O)N2CCN(CC(O)c3ccc(F)cc3)CC2)cc(OCCCCCCCCC)c1O. The average Bonchev–Trinajstić information content (AvgIpc) is 3.08. The lowest BCUT2D eigenvalue weighted by atomic mass is 10.1. The van der Waals surface area contributed by atoms with Gasteiger partial charge in [-0.3, -0.25) is 9.69 Å². The Balaban J connectivity index is 1.53. The van der Waals surface area contributed by atoms with E-state index >= 15 is 0 Å². The van der Waals surface area contributed by atoms with E-state index in [0.29, 0.717) is 63.0 Å². The number of rotatable bonds is 23. The summed E-state index contributed by atoms with van der Waals surface area (Å²) in [5.41, 5.74) is 1.42. The van der Waals surface area contributed by atoms with Crippen LogP contribution < -0.4 is 9.47 Å². The predicted octanol–water partition coefficient (Wildman–Crippen LogP) is 8.68. The van der Waals surface area contributed by atoms with Crippen LogP contribution in [-0.2, 0) is 4.79 Å². The van der Waals surface area contributed by atoms with Gasteiger partial charge in [0.15, 0.2) is 11.5 Å². The Morgan fingerprint density at radius 3 is 1.79 bits per heavy atom. The molecular formula is C39H59FN2O5. The van der Waals surface area contributed by atoms with Crippen LogP contribution in [0, 0.1) is 5.82 Å². The fourth-order valence-electron chi connectivity index (χ4n) is 5.86. The highest BCUT2D eigenvalue weighted by atomic mass is 19.1. The van der Waals surface area contributed by atoms with E-state index in [-0.39, 0.29) is 17.5 Å². The first-order valence-electron chi connectivity index (χ1n) is 18.2. The minimum Gasteiger partial charge on any atom is -0.502 e. The molecule has 2 aromatic rings. The molecule has 1 atom stereocenters. The number of unbranched alkanes of at least 4 members (excludes halogenated alkanes) is 12. The first-order chi connectivity index (χ1) is 22.9. The number of β-amino-alcohol motifs (C(OH)–C–C–N with tert-alkyl or cyclic N) is 1. The van der Waals surface area contributed by atoms with Crippen LogP contribution >= 0.6 is 0 Å².